The Morgan fingerprint density at radius 2 is 2.06 bits per heavy atom. The smallest absolute Gasteiger partial charge is 0.241 e. The van der Waals surface area contributed by atoms with E-state index in [1.54, 1.807) is 16.8 Å². The minimum absolute atomic E-state index is 0.0256. The number of likely N-dealkylation sites (N-methyl/N-ethyl adjacent to an activating group) is 1. The van der Waals surface area contributed by atoms with E-state index in [2.05, 4.69) is 15.0 Å². The van der Waals surface area contributed by atoms with Crippen molar-refractivity contribution < 1.29 is 4.79 Å². The van der Waals surface area contributed by atoms with Crippen LogP contribution in [0.2, 0.25) is 5.28 Å². The highest BCUT2D eigenvalue weighted by Crippen LogP contribution is 2.14. The van der Waals surface area contributed by atoms with Crippen molar-refractivity contribution in [3.63, 3.8) is 0 Å². The second kappa shape index (κ2) is 4.70. The Kier molecular flexibility index (Phi) is 3.28. The van der Waals surface area contributed by atoms with Crippen molar-refractivity contribution >= 4 is 29.4 Å². The molecule has 1 aromatic rings. The molecule has 1 aromatic heterocycles. The van der Waals surface area contributed by atoms with Crippen molar-refractivity contribution in [2.24, 2.45) is 0 Å². The summed E-state index contributed by atoms with van der Waals surface area (Å²) < 4.78 is 0. The first-order chi connectivity index (χ1) is 8.06. The summed E-state index contributed by atoms with van der Waals surface area (Å²) in [4.78, 5) is 26.8. The molecule has 1 aliphatic rings. The number of aromatic nitrogens is 3. The standard InChI is InChI=1S/C9H13ClN6O/c1-15-3-2-4-16(5-6(15)17)9-13-7(10)12-8(11)14-9/h2-5H2,1H3,(H2,11,12,13,14). The molecule has 0 aliphatic carbocycles. The highest BCUT2D eigenvalue weighted by atomic mass is 35.5. The third-order valence-electron chi connectivity index (χ3n) is 2.57. The lowest BCUT2D eigenvalue weighted by Crippen LogP contribution is -2.35. The lowest BCUT2D eigenvalue weighted by atomic mass is 10.4. The number of anilines is 2. The number of halogens is 1. The molecule has 0 atom stereocenters. The van der Waals surface area contributed by atoms with E-state index >= 15 is 0 Å². The number of hydrogen-bond acceptors (Lipinski definition) is 6. The van der Waals surface area contributed by atoms with Crippen molar-refractivity contribution in [3.8, 4) is 0 Å². The number of rotatable bonds is 1. The van der Waals surface area contributed by atoms with Crippen molar-refractivity contribution in [2.45, 2.75) is 6.42 Å². The maximum atomic E-state index is 11.7. The minimum Gasteiger partial charge on any atom is -0.368 e. The zero-order valence-electron chi connectivity index (χ0n) is 9.43. The molecule has 2 N–H and O–H groups in total. The van der Waals surface area contributed by atoms with Gasteiger partial charge in [0.25, 0.3) is 0 Å². The van der Waals surface area contributed by atoms with Crippen molar-refractivity contribution in [1.29, 1.82) is 0 Å². The molecule has 0 saturated carbocycles. The quantitative estimate of drug-likeness (QED) is 0.747. The highest BCUT2D eigenvalue weighted by molar-refractivity contribution is 6.28. The summed E-state index contributed by atoms with van der Waals surface area (Å²) in [5, 5.41) is 0.0394. The van der Waals surface area contributed by atoms with E-state index < -0.39 is 0 Å². The fourth-order valence-electron chi connectivity index (χ4n) is 1.65. The zero-order valence-corrected chi connectivity index (χ0v) is 10.2. The highest BCUT2D eigenvalue weighted by Gasteiger charge is 2.21. The Morgan fingerprint density at radius 1 is 1.29 bits per heavy atom. The lowest BCUT2D eigenvalue weighted by Gasteiger charge is -2.19. The molecular formula is C9H13ClN6O. The van der Waals surface area contributed by atoms with E-state index in [9.17, 15) is 4.79 Å². The average Bonchev–Trinajstić information content (AvgIpc) is 2.40. The molecule has 1 fully saturated rings. The van der Waals surface area contributed by atoms with E-state index in [0.29, 0.717) is 12.5 Å². The first kappa shape index (κ1) is 11.8. The fourth-order valence-corrected chi connectivity index (χ4v) is 1.82. The number of hydrogen-bond donors (Lipinski definition) is 1. The molecule has 0 radical (unpaired) electrons. The topological polar surface area (TPSA) is 88.2 Å². The van der Waals surface area contributed by atoms with Crippen molar-refractivity contribution in [1.82, 2.24) is 19.9 Å². The van der Waals surface area contributed by atoms with Gasteiger partial charge in [0.15, 0.2) is 0 Å². The second-order valence-corrected chi connectivity index (χ2v) is 4.19. The number of nitrogens with zero attached hydrogens (tertiary/aromatic N) is 5. The van der Waals surface area contributed by atoms with Crippen LogP contribution in [-0.4, -0.2) is 52.4 Å². The predicted octanol–water partition coefficient (Wildman–Crippen LogP) is -0.224. The molecular weight excluding hydrogens is 244 g/mol. The Morgan fingerprint density at radius 3 is 2.76 bits per heavy atom. The monoisotopic (exact) mass is 256 g/mol. The van der Waals surface area contributed by atoms with E-state index in [0.717, 1.165) is 13.0 Å². The summed E-state index contributed by atoms with van der Waals surface area (Å²) in [5.41, 5.74) is 5.50. The van der Waals surface area contributed by atoms with Gasteiger partial charge in [-0.25, -0.2) is 0 Å². The molecule has 7 nitrogen and oxygen atoms in total. The average molecular weight is 257 g/mol. The SMILES string of the molecule is CN1CCCN(c2nc(N)nc(Cl)n2)CC1=O. The molecule has 8 heteroatoms. The minimum atomic E-state index is 0.0256. The number of nitrogens with two attached hydrogens (primary N) is 1. The number of carbonyl (C=O) groups excluding carboxylic acids is 1. The van der Waals surface area contributed by atoms with Gasteiger partial charge in [-0.1, -0.05) is 0 Å². The van der Waals surface area contributed by atoms with Gasteiger partial charge in [-0.3, -0.25) is 4.79 Å². The van der Waals surface area contributed by atoms with Crippen LogP contribution < -0.4 is 10.6 Å². The molecule has 2 heterocycles. The molecule has 0 bridgehead atoms. The summed E-state index contributed by atoms with van der Waals surface area (Å²) in [6, 6.07) is 0. The Bertz CT molecular complexity index is 419. The van der Waals surface area contributed by atoms with E-state index in [4.69, 9.17) is 17.3 Å². The largest absolute Gasteiger partial charge is 0.368 e. The first-order valence-corrected chi connectivity index (χ1v) is 5.60. The third kappa shape index (κ3) is 2.73. The molecule has 2 rings (SSSR count). The molecule has 17 heavy (non-hydrogen) atoms. The number of nitrogen functional groups attached to an aromatic ring is 1. The molecule has 1 aliphatic heterocycles. The molecule has 1 amide bonds. The van der Waals surface area contributed by atoms with Crippen LogP contribution in [0.25, 0.3) is 0 Å². The van der Waals surface area contributed by atoms with Gasteiger partial charge in [-0.05, 0) is 18.0 Å². The van der Waals surface area contributed by atoms with E-state index in [1.165, 1.54) is 0 Å². The predicted molar refractivity (Wildman–Crippen MR) is 63.7 cm³/mol. The van der Waals surface area contributed by atoms with Gasteiger partial charge in [-0.2, -0.15) is 15.0 Å². The Labute approximate surface area is 104 Å². The van der Waals surface area contributed by atoms with Gasteiger partial charge in [0.05, 0.1) is 6.54 Å². The summed E-state index contributed by atoms with van der Waals surface area (Å²) in [5.74, 6) is 0.439. The maximum Gasteiger partial charge on any atom is 0.241 e. The first-order valence-electron chi connectivity index (χ1n) is 5.22. The molecule has 0 aromatic carbocycles. The maximum absolute atomic E-state index is 11.7. The number of amides is 1. The summed E-state index contributed by atoms with van der Waals surface area (Å²) >= 11 is 5.71. The third-order valence-corrected chi connectivity index (χ3v) is 2.74. The van der Waals surface area contributed by atoms with Gasteiger partial charge in [0, 0.05) is 20.1 Å². The number of carbonyl (C=O) groups is 1. The summed E-state index contributed by atoms with van der Waals surface area (Å²) in [7, 11) is 1.78. The lowest BCUT2D eigenvalue weighted by molar-refractivity contribution is -0.127. The van der Waals surface area contributed by atoms with Crippen LogP contribution in [-0.2, 0) is 4.79 Å². The fraction of sp³-hybridized carbons (Fsp3) is 0.556. The van der Waals surface area contributed by atoms with Crippen molar-refractivity contribution in [3.05, 3.63) is 5.28 Å². The van der Waals surface area contributed by atoms with E-state index in [-0.39, 0.29) is 23.7 Å². The van der Waals surface area contributed by atoms with Crippen LogP contribution in [0.15, 0.2) is 0 Å². The normalized spacial score (nSPS) is 17.2. The molecule has 0 spiro atoms. The van der Waals surface area contributed by atoms with Crippen LogP contribution in [0, 0.1) is 0 Å². The summed E-state index contributed by atoms with van der Waals surface area (Å²) in [6.07, 6.45) is 0.853. The van der Waals surface area contributed by atoms with Crippen LogP contribution in [0.1, 0.15) is 6.42 Å². The Balaban J connectivity index is 2.23. The van der Waals surface area contributed by atoms with Gasteiger partial charge in [0.1, 0.15) is 0 Å². The van der Waals surface area contributed by atoms with Crippen molar-refractivity contribution in [2.75, 3.05) is 37.3 Å². The molecule has 92 valence electrons. The van der Waals surface area contributed by atoms with Gasteiger partial charge < -0.3 is 15.5 Å². The van der Waals surface area contributed by atoms with Gasteiger partial charge in [-0.15, -0.1) is 0 Å². The van der Waals surface area contributed by atoms with Crippen LogP contribution in [0.4, 0.5) is 11.9 Å². The van der Waals surface area contributed by atoms with E-state index in [1.807, 2.05) is 0 Å². The van der Waals surface area contributed by atoms with Crippen LogP contribution in [0.5, 0.6) is 0 Å². The van der Waals surface area contributed by atoms with Crippen LogP contribution >= 0.6 is 11.6 Å². The Hall–Kier alpha value is -1.63. The molecule has 1 saturated heterocycles. The molecule has 0 unspecified atom stereocenters. The summed E-state index contributed by atoms with van der Waals surface area (Å²) in [6.45, 7) is 1.65. The van der Waals surface area contributed by atoms with Gasteiger partial charge >= 0.3 is 0 Å². The van der Waals surface area contributed by atoms with Crippen LogP contribution in [0.3, 0.4) is 0 Å². The second-order valence-electron chi connectivity index (χ2n) is 3.85. The zero-order chi connectivity index (χ0) is 12.4. The van der Waals surface area contributed by atoms with Gasteiger partial charge in [0.2, 0.25) is 23.1 Å².